The van der Waals surface area contributed by atoms with Crippen molar-refractivity contribution in [1.29, 1.82) is 0 Å². The van der Waals surface area contributed by atoms with Crippen LogP contribution in [0.3, 0.4) is 0 Å². The summed E-state index contributed by atoms with van der Waals surface area (Å²) in [7, 11) is 0. The molecular weight excluding hydrogens is 268 g/mol. The maximum absolute atomic E-state index is 11.5. The summed E-state index contributed by atoms with van der Waals surface area (Å²) in [6.07, 6.45) is 1.76. The molecule has 1 aromatic rings. The highest BCUT2D eigenvalue weighted by atomic mass is 79.9. The molecule has 0 bridgehead atoms. The number of carbonyl (C=O) groups is 1. The molecule has 86 valence electrons. The van der Waals surface area contributed by atoms with Crippen LogP contribution in [-0.2, 0) is 4.79 Å². The molecule has 1 amide bonds. The Bertz CT molecular complexity index is 362. The largest absolute Gasteiger partial charge is 0.325 e. The normalized spacial score (nSPS) is 11.9. The number of carbonyl (C=O) groups excluding carboxylic acids is 1. The Morgan fingerprint density at radius 3 is 2.69 bits per heavy atom. The van der Waals surface area contributed by atoms with Crippen LogP contribution in [0.15, 0.2) is 41.4 Å². The number of amides is 1. The lowest BCUT2D eigenvalue weighted by atomic mass is 10.3. The third-order valence-electron chi connectivity index (χ3n) is 2.07. The first kappa shape index (κ1) is 12.9. The van der Waals surface area contributed by atoms with Crippen LogP contribution in [0, 0.1) is 0 Å². The summed E-state index contributed by atoms with van der Waals surface area (Å²) in [5.41, 5.74) is 0.793. The van der Waals surface area contributed by atoms with Gasteiger partial charge in [0, 0.05) is 16.2 Å². The van der Waals surface area contributed by atoms with Crippen LogP contribution in [0.5, 0.6) is 0 Å². The predicted molar refractivity (Wildman–Crippen MR) is 70.4 cm³/mol. The standard InChI is InChI=1S/C12H15BrN2O/c1-3-9(2)14-8-12(16)15-11-6-4-10(13)5-7-11/h3-7,9,14H,1,8H2,2H3,(H,15,16). The summed E-state index contributed by atoms with van der Waals surface area (Å²) in [6, 6.07) is 7.60. The molecule has 16 heavy (non-hydrogen) atoms. The summed E-state index contributed by atoms with van der Waals surface area (Å²) < 4.78 is 0.990. The fourth-order valence-corrected chi connectivity index (χ4v) is 1.34. The zero-order chi connectivity index (χ0) is 12.0. The lowest BCUT2D eigenvalue weighted by Crippen LogP contribution is -2.33. The van der Waals surface area contributed by atoms with Crippen molar-refractivity contribution < 1.29 is 4.79 Å². The molecule has 0 saturated carbocycles. The van der Waals surface area contributed by atoms with Gasteiger partial charge in [-0.25, -0.2) is 0 Å². The first-order chi connectivity index (χ1) is 7.61. The van der Waals surface area contributed by atoms with Crippen molar-refractivity contribution in [2.24, 2.45) is 0 Å². The van der Waals surface area contributed by atoms with E-state index < -0.39 is 0 Å². The maximum Gasteiger partial charge on any atom is 0.238 e. The highest BCUT2D eigenvalue weighted by Crippen LogP contribution is 2.13. The molecule has 3 nitrogen and oxygen atoms in total. The monoisotopic (exact) mass is 282 g/mol. The number of nitrogens with one attached hydrogen (secondary N) is 2. The molecule has 0 aromatic heterocycles. The summed E-state index contributed by atoms with van der Waals surface area (Å²) in [5.74, 6) is -0.0592. The number of hydrogen-bond donors (Lipinski definition) is 2. The van der Waals surface area contributed by atoms with Crippen LogP contribution in [0.2, 0.25) is 0 Å². The van der Waals surface area contributed by atoms with E-state index in [9.17, 15) is 4.79 Å². The molecule has 0 aliphatic rings. The molecule has 1 aromatic carbocycles. The van der Waals surface area contributed by atoms with Crippen molar-refractivity contribution in [3.05, 3.63) is 41.4 Å². The fourth-order valence-electron chi connectivity index (χ4n) is 1.08. The second-order valence-electron chi connectivity index (χ2n) is 3.46. The van der Waals surface area contributed by atoms with Gasteiger partial charge in [0.1, 0.15) is 0 Å². The average molecular weight is 283 g/mol. The third kappa shape index (κ3) is 4.59. The van der Waals surface area contributed by atoms with Crippen molar-refractivity contribution in [1.82, 2.24) is 5.32 Å². The summed E-state index contributed by atoms with van der Waals surface area (Å²) >= 11 is 3.33. The van der Waals surface area contributed by atoms with E-state index >= 15 is 0 Å². The molecule has 1 rings (SSSR count). The predicted octanol–water partition coefficient (Wildman–Crippen LogP) is 2.55. The van der Waals surface area contributed by atoms with Crippen molar-refractivity contribution >= 4 is 27.5 Å². The molecule has 0 heterocycles. The lowest BCUT2D eigenvalue weighted by molar-refractivity contribution is -0.115. The van der Waals surface area contributed by atoms with E-state index in [2.05, 4.69) is 33.1 Å². The van der Waals surface area contributed by atoms with Gasteiger partial charge in [-0.3, -0.25) is 4.79 Å². The Morgan fingerprint density at radius 2 is 2.12 bits per heavy atom. The second-order valence-corrected chi connectivity index (χ2v) is 4.38. The Balaban J connectivity index is 2.39. The van der Waals surface area contributed by atoms with Crippen LogP contribution >= 0.6 is 15.9 Å². The van der Waals surface area contributed by atoms with Crippen LogP contribution in [-0.4, -0.2) is 18.5 Å². The Kier molecular flexibility index (Phi) is 5.22. The molecule has 0 fully saturated rings. The van der Waals surface area contributed by atoms with E-state index in [-0.39, 0.29) is 18.5 Å². The molecule has 0 aliphatic heterocycles. The summed E-state index contributed by atoms with van der Waals surface area (Å²) in [5, 5.41) is 5.82. The summed E-state index contributed by atoms with van der Waals surface area (Å²) in [6.45, 7) is 5.86. The zero-order valence-electron chi connectivity index (χ0n) is 9.16. The van der Waals surface area contributed by atoms with Crippen molar-refractivity contribution in [3.8, 4) is 0 Å². The van der Waals surface area contributed by atoms with E-state index in [4.69, 9.17) is 0 Å². The van der Waals surface area contributed by atoms with Gasteiger partial charge in [0.15, 0.2) is 0 Å². The van der Waals surface area contributed by atoms with Crippen LogP contribution in [0.1, 0.15) is 6.92 Å². The number of anilines is 1. The van der Waals surface area contributed by atoms with Gasteiger partial charge >= 0.3 is 0 Å². The Hall–Kier alpha value is -1.13. The zero-order valence-corrected chi connectivity index (χ0v) is 10.8. The van der Waals surface area contributed by atoms with Gasteiger partial charge < -0.3 is 10.6 Å². The minimum Gasteiger partial charge on any atom is -0.325 e. The second kappa shape index (κ2) is 6.45. The van der Waals surface area contributed by atoms with E-state index in [0.29, 0.717) is 0 Å². The molecule has 0 aliphatic carbocycles. The van der Waals surface area contributed by atoms with Crippen LogP contribution in [0.4, 0.5) is 5.69 Å². The van der Waals surface area contributed by atoms with Gasteiger partial charge in [0.25, 0.3) is 0 Å². The molecule has 0 spiro atoms. The Morgan fingerprint density at radius 1 is 1.50 bits per heavy atom. The molecule has 4 heteroatoms. The molecule has 1 atom stereocenters. The number of hydrogen-bond acceptors (Lipinski definition) is 2. The average Bonchev–Trinajstić information content (AvgIpc) is 2.29. The van der Waals surface area contributed by atoms with Crippen molar-refractivity contribution in [3.63, 3.8) is 0 Å². The minimum atomic E-state index is -0.0592. The van der Waals surface area contributed by atoms with E-state index in [1.54, 1.807) is 6.08 Å². The van der Waals surface area contributed by atoms with E-state index in [0.717, 1.165) is 10.2 Å². The van der Waals surface area contributed by atoms with Crippen LogP contribution in [0.25, 0.3) is 0 Å². The maximum atomic E-state index is 11.5. The van der Waals surface area contributed by atoms with Gasteiger partial charge in [-0.05, 0) is 31.2 Å². The van der Waals surface area contributed by atoms with Gasteiger partial charge in [0.2, 0.25) is 5.91 Å². The van der Waals surface area contributed by atoms with Crippen molar-refractivity contribution in [2.45, 2.75) is 13.0 Å². The molecular formula is C12H15BrN2O. The topological polar surface area (TPSA) is 41.1 Å². The first-order valence-corrected chi connectivity index (χ1v) is 5.82. The molecule has 0 saturated heterocycles. The minimum absolute atomic E-state index is 0.0592. The van der Waals surface area contributed by atoms with Gasteiger partial charge in [-0.15, -0.1) is 6.58 Å². The SMILES string of the molecule is C=CC(C)NCC(=O)Nc1ccc(Br)cc1. The van der Waals surface area contributed by atoms with Gasteiger partial charge in [0.05, 0.1) is 6.54 Å². The highest BCUT2D eigenvalue weighted by molar-refractivity contribution is 9.10. The smallest absolute Gasteiger partial charge is 0.238 e. The van der Waals surface area contributed by atoms with E-state index in [1.807, 2.05) is 31.2 Å². The lowest BCUT2D eigenvalue weighted by Gasteiger charge is -2.09. The van der Waals surface area contributed by atoms with Crippen LogP contribution < -0.4 is 10.6 Å². The third-order valence-corrected chi connectivity index (χ3v) is 2.59. The van der Waals surface area contributed by atoms with E-state index in [1.165, 1.54) is 0 Å². The first-order valence-electron chi connectivity index (χ1n) is 5.03. The summed E-state index contributed by atoms with van der Waals surface area (Å²) in [4.78, 5) is 11.5. The van der Waals surface area contributed by atoms with Gasteiger partial charge in [-0.2, -0.15) is 0 Å². The molecule has 1 unspecified atom stereocenters. The highest BCUT2D eigenvalue weighted by Gasteiger charge is 2.03. The number of rotatable bonds is 5. The quantitative estimate of drug-likeness (QED) is 0.815. The molecule has 2 N–H and O–H groups in total. The van der Waals surface area contributed by atoms with Gasteiger partial charge in [-0.1, -0.05) is 22.0 Å². The molecule has 0 radical (unpaired) electrons. The fraction of sp³-hybridized carbons (Fsp3) is 0.250. The Labute approximate surface area is 104 Å². The van der Waals surface area contributed by atoms with Crippen molar-refractivity contribution in [2.75, 3.05) is 11.9 Å². The number of halogens is 1. The number of benzene rings is 1.